The van der Waals surface area contributed by atoms with Crippen molar-refractivity contribution in [2.75, 3.05) is 32.8 Å². The van der Waals surface area contributed by atoms with Crippen LogP contribution in [0.3, 0.4) is 0 Å². The highest BCUT2D eigenvalue weighted by molar-refractivity contribution is 14.0. The van der Waals surface area contributed by atoms with Crippen molar-refractivity contribution < 1.29 is 9.84 Å². The van der Waals surface area contributed by atoms with Gasteiger partial charge >= 0.3 is 0 Å². The molecule has 7 heteroatoms. The van der Waals surface area contributed by atoms with Gasteiger partial charge in [0.05, 0.1) is 12.1 Å². The summed E-state index contributed by atoms with van der Waals surface area (Å²) in [6.45, 7) is 5.19. The van der Waals surface area contributed by atoms with Gasteiger partial charge in [-0.1, -0.05) is 23.7 Å². The van der Waals surface area contributed by atoms with Crippen LogP contribution in [0, 0.1) is 0 Å². The Kier molecular flexibility index (Phi) is 9.95. The number of rotatable bonds is 6. The first kappa shape index (κ1) is 21.5. The zero-order chi connectivity index (χ0) is 16.5. The lowest BCUT2D eigenvalue weighted by molar-refractivity contribution is -0.0565. The first-order valence-electron chi connectivity index (χ1n) is 8.18. The SMILES string of the molecule is CCNC(=NCC1(O)CCOCC1)NCCc1ccc(Cl)cc1.I. The lowest BCUT2D eigenvalue weighted by atomic mass is 9.95. The molecule has 0 amide bonds. The molecule has 0 saturated carbocycles. The smallest absolute Gasteiger partial charge is 0.191 e. The predicted octanol–water partition coefficient (Wildman–Crippen LogP) is 2.60. The van der Waals surface area contributed by atoms with Gasteiger partial charge in [0.1, 0.15) is 0 Å². The van der Waals surface area contributed by atoms with Crippen LogP contribution in [0.25, 0.3) is 0 Å². The van der Waals surface area contributed by atoms with E-state index >= 15 is 0 Å². The van der Waals surface area contributed by atoms with Gasteiger partial charge < -0.3 is 20.5 Å². The molecule has 1 heterocycles. The molecule has 1 saturated heterocycles. The van der Waals surface area contributed by atoms with Crippen LogP contribution in [0.1, 0.15) is 25.3 Å². The molecule has 136 valence electrons. The Balaban J connectivity index is 0.00000288. The minimum absolute atomic E-state index is 0. The van der Waals surface area contributed by atoms with Crippen molar-refractivity contribution in [1.29, 1.82) is 0 Å². The van der Waals surface area contributed by atoms with Crippen molar-refractivity contribution >= 4 is 41.5 Å². The third-order valence-electron chi connectivity index (χ3n) is 3.92. The van der Waals surface area contributed by atoms with E-state index in [1.165, 1.54) is 5.56 Å². The standard InChI is InChI=1S/C17H26ClN3O2.HI/c1-2-19-16(21-13-17(22)8-11-23-12-9-17)20-10-7-14-3-5-15(18)6-4-14;/h3-6,22H,2,7-13H2,1H3,(H2,19,20,21);1H. The summed E-state index contributed by atoms with van der Waals surface area (Å²) in [4.78, 5) is 4.52. The number of nitrogens with one attached hydrogen (secondary N) is 2. The molecule has 1 aromatic rings. The molecule has 1 aliphatic heterocycles. The van der Waals surface area contributed by atoms with Crippen LogP contribution in [-0.2, 0) is 11.2 Å². The third kappa shape index (κ3) is 7.55. The third-order valence-corrected chi connectivity index (χ3v) is 4.17. The molecule has 5 nitrogen and oxygen atoms in total. The van der Waals surface area contributed by atoms with E-state index < -0.39 is 5.60 Å². The Hall–Kier alpha value is -0.570. The van der Waals surface area contributed by atoms with Gasteiger partial charge in [0.25, 0.3) is 0 Å². The number of ether oxygens (including phenoxy) is 1. The van der Waals surface area contributed by atoms with E-state index in [1.54, 1.807) is 0 Å². The second kappa shape index (κ2) is 11.1. The maximum absolute atomic E-state index is 10.5. The van der Waals surface area contributed by atoms with Gasteiger partial charge in [-0.3, -0.25) is 4.99 Å². The second-order valence-electron chi connectivity index (χ2n) is 5.84. The van der Waals surface area contributed by atoms with Gasteiger partial charge in [0.15, 0.2) is 5.96 Å². The van der Waals surface area contributed by atoms with Crippen LogP contribution in [-0.4, -0.2) is 49.5 Å². The number of hydrogen-bond acceptors (Lipinski definition) is 3. The number of aliphatic imine (C=N–C) groups is 1. The van der Waals surface area contributed by atoms with E-state index in [-0.39, 0.29) is 24.0 Å². The van der Waals surface area contributed by atoms with Crippen molar-refractivity contribution in [3.05, 3.63) is 34.9 Å². The van der Waals surface area contributed by atoms with Crippen LogP contribution in [0.2, 0.25) is 5.02 Å². The fourth-order valence-electron chi connectivity index (χ4n) is 2.45. The van der Waals surface area contributed by atoms with E-state index in [9.17, 15) is 5.11 Å². The Morgan fingerprint density at radius 2 is 1.92 bits per heavy atom. The van der Waals surface area contributed by atoms with Crippen LogP contribution >= 0.6 is 35.6 Å². The summed E-state index contributed by atoms with van der Waals surface area (Å²) < 4.78 is 5.29. The molecule has 0 radical (unpaired) electrons. The van der Waals surface area contributed by atoms with E-state index in [1.807, 2.05) is 31.2 Å². The van der Waals surface area contributed by atoms with Crippen molar-refractivity contribution in [2.45, 2.75) is 31.8 Å². The minimum Gasteiger partial charge on any atom is -0.388 e. The highest BCUT2D eigenvalue weighted by atomic mass is 127. The quantitative estimate of drug-likeness (QED) is 0.342. The Morgan fingerprint density at radius 3 is 2.54 bits per heavy atom. The molecule has 1 fully saturated rings. The molecule has 0 aliphatic carbocycles. The Labute approximate surface area is 166 Å². The summed E-state index contributed by atoms with van der Waals surface area (Å²) in [6, 6.07) is 7.85. The van der Waals surface area contributed by atoms with Crippen LogP contribution in [0.15, 0.2) is 29.3 Å². The molecule has 0 aromatic heterocycles. The molecule has 2 rings (SSSR count). The lowest BCUT2D eigenvalue weighted by Crippen LogP contribution is -2.43. The van der Waals surface area contributed by atoms with E-state index in [0.717, 1.165) is 30.5 Å². The molecule has 0 spiro atoms. The van der Waals surface area contributed by atoms with E-state index in [2.05, 4.69) is 15.6 Å². The fourth-order valence-corrected chi connectivity index (χ4v) is 2.58. The first-order valence-corrected chi connectivity index (χ1v) is 8.56. The number of hydrogen-bond donors (Lipinski definition) is 3. The molecule has 1 aliphatic rings. The largest absolute Gasteiger partial charge is 0.388 e. The monoisotopic (exact) mass is 467 g/mol. The number of benzene rings is 1. The van der Waals surface area contributed by atoms with Crippen LogP contribution in [0.5, 0.6) is 0 Å². The molecule has 0 unspecified atom stereocenters. The van der Waals surface area contributed by atoms with Crippen molar-refractivity contribution in [3.63, 3.8) is 0 Å². The number of halogens is 2. The summed E-state index contributed by atoms with van der Waals surface area (Å²) in [6.07, 6.45) is 2.17. The average molecular weight is 468 g/mol. The van der Waals surface area contributed by atoms with Gasteiger partial charge in [-0.05, 0) is 31.0 Å². The molecule has 0 bridgehead atoms. The molecule has 24 heavy (non-hydrogen) atoms. The summed E-state index contributed by atoms with van der Waals surface area (Å²) in [5.74, 6) is 0.737. The lowest BCUT2D eigenvalue weighted by Gasteiger charge is -2.30. The fraction of sp³-hybridized carbons (Fsp3) is 0.588. The Bertz CT molecular complexity index is 505. The Morgan fingerprint density at radius 1 is 1.25 bits per heavy atom. The molecule has 1 aromatic carbocycles. The predicted molar refractivity (Wildman–Crippen MR) is 110 cm³/mol. The van der Waals surface area contributed by atoms with Crippen LogP contribution < -0.4 is 10.6 Å². The summed E-state index contributed by atoms with van der Waals surface area (Å²) in [5.41, 5.74) is 0.484. The highest BCUT2D eigenvalue weighted by Gasteiger charge is 2.29. The van der Waals surface area contributed by atoms with Gasteiger partial charge in [-0.25, -0.2) is 0 Å². The molecular weight excluding hydrogens is 441 g/mol. The van der Waals surface area contributed by atoms with Crippen molar-refractivity contribution in [2.24, 2.45) is 4.99 Å². The summed E-state index contributed by atoms with van der Waals surface area (Å²) in [7, 11) is 0. The van der Waals surface area contributed by atoms with Crippen molar-refractivity contribution in [1.82, 2.24) is 10.6 Å². The van der Waals surface area contributed by atoms with Gasteiger partial charge in [-0.15, -0.1) is 24.0 Å². The number of guanidine groups is 1. The summed E-state index contributed by atoms with van der Waals surface area (Å²) in [5, 5.41) is 17.7. The maximum atomic E-state index is 10.5. The van der Waals surface area contributed by atoms with E-state index in [4.69, 9.17) is 16.3 Å². The normalized spacial score (nSPS) is 17.0. The maximum Gasteiger partial charge on any atom is 0.191 e. The van der Waals surface area contributed by atoms with Crippen molar-refractivity contribution in [3.8, 4) is 0 Å². The average Bonchev–Trinajstić information content (AvgIpc) is 2.55. The summed E-state index contributed by atoms with van der Waals surface area (Å²) >= 11 is 5.89. The zero-order valence-electron chi connectivity index (χ0n) is 14.1. The van der Waals surface area contributed by atoms with Gasteiger partial charge in [0.2, 0.25) is 0 Å². The minimum atomic E-state index is -0.739. The number of nitrogens with zero attached hydrogens (tertiary/aromatic N) is 1. The molecule has 3 N–H and O–H groups in total. The first-order chi connectivity index (χ1) is 11.1. The topological polar surface area (TPSA) is 65.9 Å². The van der Waals surface area contributed by atoms with Crippen LogP contribution in [0.4, 0.5) is 0 Å². The molecular formula is C17H27ClIN3O2. The zero-order valence-corrected chi connectivity index (χ0v) is 17.1. The van der Waals surface area contributed by atoms with E-state index in [0.29, 0.717) is 32.6 Å². The second-order valence-corrected chi connectivity index (χ2v) is 6.27. The highest BCUT2D eigenvalue weighted by Crippen LogP contribution is 2.20. The van der Waals surface area contributed by atoms with Gasteiger partial charge in [-0.2, -0.15) is 0 Å². The molecule has 0 atom stereocenters. The van der Waals surface area contributed by atoms with Gasteiger partial charge in [0, 0.05) is 44.2 Å². The number of aliphatic hydroxyl groups is 1.